The van der Waals surface area contributed by atoms with Crippen molar-refractivity contribution in [1.82, 2.24) is 10.6 Å². The summed E-state index contributed by atoms with van der Waals surface area (Å²) in [5.41, 5.74) is 5.23. The Balaban J connectivity index is 1.14. The van der Waals surface area contributed by atoms with Gasteiger partial charge in [0.15, 0.2) is 17.5 Å². The first-order chi connectivity index (χ1) is 33.8. The number of phosphoric ester groups is 1. The van der Waals surface area contributed by atoms with E-state index in [0.717, 1.165) is 16.7 Å². The van der Waals surface area contributed by atoms with Crippen molar-refractivity contribution in [2.24, 2.45) is 0 Å². The Kier molecular flexibility index (Phi) is 18.7. The number of hydrogen-bond acceptors (Lipinski definition) is 11. The van der Waals surface area contributed by atoms with Crippen LogP contribution in [0.15, 0.2) is 200 Å². The molecule has 13 nitrogen and oxygen atoms in total. The Morgan fingerprint density at radius 1 is 0.406 bits per heavy atom. The highest BCUT2D eigenvalue weighted by molar-refractivity contribution is 7.48. The van der Waals surface area contributed by atoms with Gasteiger partial charge in [-0.05, 0) is 51.1 Å². The third kappa shape index (κ3) is 16.6. The molecular formula is C55H53N2O11P. The number of phosphoric acid groups is 1. The Bertz CT molecular complexity index is 2650. The third-order valence-corrected chi connectivity index (χ3v) is 11.8. The van der Waals surface area contributed by atoms with Crippen LogP contribution in [0.1, 0.15) is 38.9 Å². The van der Waals surface area contributed by atoms with Gasteiger partial charge in [-0.15, -0.1) is 0 Å². The topological polar surface area (TPSA) is 157 Å². The summed E-state index contributed by atoms with van der Waals surface area (Å²) in [6, 6.07) is 57.7. The summed E-state index contributed by atoms with van der Waals surface area (Å²) < 4.78 is 55.6. The molecule has 0 aliphatic rings. The molecule has 7 aromatic carbocycles. The molecule has 7 aromatic rings. The average Bonchev–Trinajstić information content (AvgIpc) is 3.40. The van der Waals surface area contributed by atoms with Crippen LogP contribution in [-0.4, -0.2) is 36.7 Å². The van der Waals surface area contributed by atoms with Crippen molar-refractivity contribution in [2.75, 3.05) is 6.61 Å². The molecule has 0 heterocycles. The molecule has 0 saturated heterocycles. The first-order valence-corrected chi connectivity index (χ1v) is 23.8. The van der Waals surface area contributed by atoms with E-state index in [1.807, 2.05) is 97.1 Å². The molecule has 0 saturated carbocycles. The molecule has 2 N–H and O–H groups in total. The summed E-state index contributed by atoms with van der Waals surface area (Å²) in [5.74, 6) is -0.859. The van der Waals surface area contributed by atoms with E-state index in [0.29, 0.717) is 33.8 Å². The molecule has 0 bridgehead atoms. The summed E-state index contributed by atoms with van der Waals surface area (Å²) in [6.45, 7) is -0.713. The lowest BCUT2D eigenvalue weighted by atomic mass is 10.0. The maximum absolute atomic E-state index is 14.6. The summed E-state index contributed by atoms with van der Waals surface area (Å²) in [6.07, 6.45) is -0.992. The Labute approximate surface area is 401 Å². The second-order valence-corrected chi connectivity index (χ2v) is 17.4. The quantitative estimate of drug-likeness (QED) is 0.0415. The molecule has 0 aromatic heterocycles. The predicted molar refractivity (Wildman–Crippen MR) is 259 cm³/mol. The van der Waals surface area contributed by atoms with Gasteiger partial charge in [0.25, 0.3) is 0 Å². The first kappa shape index (κ1) is 49.4. The molecule has 0 radical (unpaired) electrons. The van der Waals surface area contributed by atoms with Gasteiger partial charge < -0.3 is 29.6 Å². The number of benzene rings is 7. The summed E-state index contributed by atoms with van der Waals surface area (Å²) in [4.78, 5) is 42.1. The van der Waals surface area contributed by atoms with E-state index in [2.05, 4.69) is 10.6 Å². The number of ether oxygens (including phenoxy) is 4. The van der Waals surface area contributed by atoms with Crippen molar-refractivity contribution in [3.63, 3.8) is 0 Å². The van der Waals surface area contributed by atoms with Crippen LogP contribution in [0, 0.1) is 0 Å². The number of carbonyl (C=O) groups is 3. The fraction of sp³-hybridized carbons (Fsp3) is 0.182. The van der Waals surface area contributed by atoms with Gasteiger partial charge in [0.1, 0.15) is 32.5 Å². The number of esters is 1. The molecule has 69 heavy (non-hydrogen) atoms. The van der Waals surface area contributed by atoms with Crippen LogP contribution in [0.2, 0.25) is 0 Å². The number of amides is 2. The van der Waals surface area contributed by atoms with Gasteiger partial charge in [-0.3, -0.25) is 18.4 Å². The van der Waals surface area contributed by atoms with E-state index in [1.165, 1.54) is 0 Å². The van der Waals surface area contributed by atoms with Crippen molar-refractivity contribution in [3.05, 3.63) is 239 Å². The standard InChI is InChI=1S/C55H53N2O11P/c58-53(56-50(54(59)64-37-44-23-11-3-12-24-44)41-68-69(61,66-39-46-27-15-5-16-28-46)67-40-47-29-17-6-18-30-47)49(57-55(60)65-38-45-25-13-4-14-26-45)33-48-31-32-51(62-35-42-19-7-1-8-20-42)52(34-48)63-36-43-21-9-2-10-22-43/h1-32,34,49-50H,33,35-41H2,(H,56,58)(H,57,60)/t49-,50-/m0/s1. The summed E-state index contributed by atoms with van der Waals surface area (Å²) in [5, 5.41) is 5.37. The Morgan fingerprint density at radius 3 is 1.28 bits per heavy atom. The van der Waals surface area contributed by atoms with Gasteiger partial charge >= 0.3 is 19.9 Å². The van der Waals surface area contributed by atoms with E-state index >= 15 is 0 Å². The summed E-state index contributed by atoms with van der Waals surface area (Å²) >= 11 is 0. The van der Waals surface area contributed by atoms with Gasteiger partial charge in [0.05, 0.1) is 19.8 Å². The molecule has 7 rings (SSSR count). The number of alkyl carbamates (subject to hydrolysis) is 1. The van der Waals surface area contributed by atoms with Crippen LogP contribution >= 0.6 is 7.82 Å². The van der Waals surface area contributed by atoms with E-state index in [-0.39, 0.29) is 46.1 Å². The van der Waals surface area contributed by atoms with Crippen LogP contribution < -0.4 is 20.1 Å². The normalized spacial score (nSPS) is 11.9. The van der Waals surface area contributed by atoms with E-state index in [4.69, 9.17) is 32.5 Å². The molecule has 0 spiro atoms. The zero-order valence-electron chi connectivity index (χ0n) is 37.8. The number of rotatable bonds is 25. The second-order valence-electron chi connectivity index (χ2n) is 15.7. The number of nitrogens with one attached hydrogen (secondary N) is 2. The molecule has 0 fully saturated rings. The van der Waals surface area contributed by atoms with Gasteiger partial charge in [0, 0.05) is 6.42 Å². The van der Waals surface area contributed by atoms with Gasteiger partial charge in [-0.25, -0.2) is 14.2 Å². The minimum atomic E-state index is -4.44. The average molecular weight is 949 g/mol. The van der Waals surface area contributed by atoms with E-state index < -0.39 is 44.5 Å². The minimum Gasteiger partial charge on any atom is -0.485 e. The second kappa shape index (κ2) is 26.1. The van der Waals surface area contributed by atoms with Crippen molar-refractivity contribution in [3.8, 4) is 11.5 Å². The molecule has 2 amide bonds. The van der Waals surface area contributed by atoms with Crippen LogP contribution in [-0.2, 0) is 83.3 Å². The Morgan fingerprint density at radius 2 is 0.812 bits per heavy atom. The molecular weight excluding hydrogens is 896 g/mol. The number of carbonyl (C=O) groups excluding carboxylic acids is 3. The minimum absolute atomic E-state index is 0.0739. The Hall–Kier alpha value is -7.54. The lowest BCUT2D eigenvalue weighted by Gasteiger charge is -2.25. The fourth-order valence-corrected chi connectivity index (χ4v) is 7.91. The van der Waals surface area contributed by atoms with Crippen molar-refractivity contribution in [1.29, 1.82) is 0 Å². The van der Waals surface area contributed by atoms with Crippen molar-refractivity contribution in [2.45, 2.75) is 58.1 Å². The van der Waals surface area contributed by atoms with Crippen LogP contribution in [0.5, 0.6) is 11.5 Å². The highest BCUT2D eigenvalue weighted by Gasteiger charge is 2.34. The fourth-order valence-electron chi connectivity index (χ4n) is 6.74. The SMILES string of the molecule is O=C(N[C@@H](Cc1ccc(OCc2ccccc2)c(OCc2ccccc2)c1)C(=O)N[C@@H](COP(=O)(OCc1ccccc1)OCc1ccccc1)C(=O)OCc1ccccc1)OCc1ccccc1. The monoisotopic (exact) mass is 948 g/mol. The van der Waals surface area contributed by atoms with Crippen molar-refractivity contribution < 1.29 is 51.5 Å². The first-order valence-electron chi connectivity index (χ1n) is 22.3. The summed E-state index contributed by atoms with van der Waals surface area (Å²) in [7, 11) is -4.44. The molecule has 0 unspecified atom stereocenters. The molecule has 0 aliphatic heterocycles. The maximum atomic E-state index is 14.6. The van der Waals surface area contributed by atoms with E-state index in [1.54, 1.807) is 103 Å². The van der Waals surface area contributed by atoms with E-state index in [9.17, 15) is 18.9 Å². The van der Waals surface area contributed by atoms with Crippen molar-refractivity contribution >= 4 is 25.8 Å². The van der Waals surface area contributed by atoms with Crippen LogP contribution in [0.4, 0.5) is 4.79 Å². The lowest BCUT2D eigenvalue weighted by Crippen LogP contribution is -2.54. The highest BCUT2D eigenvalue weighted by atomic mass is 31.2. The molecule has 354 valence electrons. The molecule has 0 aliphatic carbocycles. The third-order valence-electron chi connectivity index (χ3n) is 10.4. The lowest BCUT2D eigenvalue weighted by molar-refractivity contribution is -0.150. The van der Waals surface area contributed by atoms with Gasteiger partial charge in [-0.1, -0.05) is 188 Å². The molecule has 2 atom stereocenters. The van der Waals surface area contributed by atoms with Gasteiger partial charge in [0.2, 0.25) is 5.91 Å². The zero-order chi connectivity index (χ0) is 47.9. The van der Waals surface area contributed by atoms with Crippen LogP contribution in [0.25, 0.3) is 0 Å². The highest BCUT2D eigenvalue weighted by Crippen LogP contribution is 2.51. The maximum Gasteiger partial charge on any atom is 0.475 e. The van der Waals surface area contributed by atoms with Gasteiger partial charge in [-0.2, -0.15) is 0 Å². The molecule has 14 heteroatoms. The number of hydrogen-bond donors (Lipinski definition) is 2. The smallest absolute Gasteiger partial charge is 0.475 e. The van der Waals surface area contributed by atoms with Crippen LogP contribution in [0.3, 0.4) is 0 Å². The largest absolute Gasteiger partial charge is 0.485 e. The zero-order valence-corrected chi connectivity index (χ0v) is 38.7. The predicted octanol–water partition coefficient (Wildman–Crippen LogP) is 10.5.